The van der Waals surface area contributed by atoms with E-state index in [1.54, 1.807) is 11.0 Å². The molecule has 1 fully saturated rings. The van der Waals surface area contributed by atoms with Crippen molar-refractivity contribution in [3.63, 3.8) is 0 Å². The van der Waals surface area contributed by atoms with Crippen molar-refractivity contribution in [3.05, 3.63) is 64.0 Å². The third-order valence-electron chi connectivity index (χ3n) is 3.79. The molecule has 0 atom stereocenters. The standard InChI is InChI=1S/C20H18ClNO3S2/c1-2-22-19(23)18(27-20(22)26)13-14-6-5-7-15(12-14)24-10-11-25-17-9-4-3-8-16(17)21/h3-9,12-13H,2,10-11H2,1H3/b18-13-. The molecule has 0 unspecified atom stereocenters. The number of carbonyl (C=O) groups excluding carboxylic acids is 1. The largest absolute Gasteiger partial charge is 0.490 e. The van der Waals surface area contributed by atoms with Gasteiger partial charge in [0.2, 0.25) is 0 Å². The SMILES string of the molecule is CCN1C(=O)/C(=C/c2cccc(OCCOc3ccccc3Cl)c2)SC1=S. The van der Waals surface area contributed by atoms with E-state index >= 15 is 0 Å². The zero-order chi connectivity index (χ0) is 19.2. The van der Waals surface area contributed by atoms with E-state index in [1.807, 2.05) is 55.5 Å². The van der Waals surface area contributed by atoms with Gasteiger partial charge in [-0.15, -0.1) is 0 Å². The second kappa shape index (κ2) is 9.26. The molecule has 0 radical (unpaired) electrons. The fraction of sp³-hybridized carbons (Fsp3) is 0.200. The van der Waals surface area contributed by atoms with Gasteiger partial charge in [-0.05, 0) is 42.8 Å². The summed E-state index contributed by atoms with van der Waals surface area (Å²) < 4.78 is 11.9. The number of likely N-dealkylation sites (N-methyl/N-ethyl adjacent to an activating group) is 1. The van der Waals surface area contributed by atoms with Gasteiger partial charge in [0.1, 0.15) is 29.0 Å². The van der Waals surface area contributed by atoms with E-state index in [2.05, 4.69) is 0 Å². The molecule has 0 N–H and O–H groups in total. The lowest BCUT2D eigenvalue weighted by Crippen LogP contribution is -2.27. The summed E-state index contributed by atoms with van der Waals surface area (Å²) in [4.78, 5) is 14.5. The molecule has 140 valence electrons. The molecule has 1 aliphatic rings. The molecule has 0 aromatic heterocycles. The van der Waals surface area contributed by atoms with Crippen molar-refractivity contribution in [3.8, 4) is 11.5 Å². The molecule has 0 bridgehead atoms. The Kier molecular flexibility index (Phi) is 6.77. The van der Waals surface area contributed by atoms with E-state index < -0.39 is 0 Å². The number of thioether (sulfide) groups is 1. The van der Waals surface area contributed by atoms with Crippen molar-refractivity contribution < 1.29 is 14.3 Å². The topological polar surface area (TPSA) is 38.8 Å². The average molecular weight is 420 g/mol. The monoisotopic (exact) mass is 419 g/mol. The van der Waals surface area contributed by atoms with E-state index in [4.69, 9.17) is 33.3 Å². The van der Waals surface area contributed by atoms with Gasteiger partial charge in [0.05, 0.1) is 9.93 Å². The summed E-state index contributed by atoms with van der Waals surface area (Å²) in [5.41, 5.74) is 0.885. The van der Waals surface area contributed by atoms with Crippen LogP contribution >= 0.6 is 35.6 Å². The first-order chi connectivity index (χ1) is 13.1. The number of thiocarbonyl (C=S) groups is 1. The fourth-order valence-corrected chi connectivity index (χ4v) is 4.07. The first-order valence-electron chi connectivity index (χ1n) is 8.44. The molecule has 4 nitrogen and oxygen atoms in total. The summed E-state index contributed by atoms with van der Waals surface area (Å²) >= 11 is 12.6. The van der Waals surface area contributed by atoms with Crippen LogP contribution in [0, 0.1) is 0 Å². The number of halogens is 1. The number of carbonyl (C=O) groups is 1. The highest BCUT2D eigenvalue weighted by Crippen LogP contribution is 2.32. The maximum atomic E-state index is 12.3. The Hall–Kier alpha value is -2.02. The minimum atomic E-state index is -0.0491. The van der Waals surface area contributed by atoms with Crippen molar-refractivity contribution in [1.82, 2.24) is 4.90 Å². The minimum Gasteiger partial charge on any atom is -0.490 e. The summed E-state index contributed by atoms with van der Waals surface area (Å²) in [6.07, 6.45) is 1.84. The summed E-state index contributed by atoms with van der Waals surface area (Å²) in [5.74, 6) is 1.29. The maximum Gasteiger partial charge on any atom is 0.266 e. The predicted molar refractivity (Wildman–Crippen MR) is 114 cm³/mol. The third kappa shape index (κ3) is 5.03. The fourth-order valence-electron chi connectivity index (χ4n) is 2.49. The number of para-hydroxylation sites is 1. The quantitative estimate of drug-likeness (QED) is 0.358. The second-order valence-corrected chi connectivity index (χ2v) is 7.71. The lowest BCUT2D eigenvalue weighted by molar-refractivity contribution is -0.121. The number of rotatable bonds is 7. The highest BCUT2D eigenvalue weighted by Gasteiger charge is 2.30. The van der Waals surface area contributed by atoms with Crippen LogP contribution in [-0.2, 0) is 4.79 Å². The van der Waals surface area contributed by atoms with Gasteiger partial charge in [-0.1, -0.05) is 59.8 Å². The average Bonchev–Trinajstić information content (AvgIpc) is 2.93. The molecule has 0 saturated carbocycles. The zero-order valence-electron chi connectivity index (χ0n) is 14.7. The van der Waals surface area contributed by atoms with E-state index in [0.29, 0.717) is 45.5 Å². The molecular weight excluding hydrogens is 402 g/mol. The Morgan fingerprint density at radius 1 is 1.15 bits per heavy atom. The predicted octanol–water partition coefficient (Wildman–Crippen LogP) is 5.02. The van der Waals surface area contributed by atoms with E-state index in [0.717, 1.165) is 5.56 Å². The highest BCUT2D eigenvalue weighted by atomic mass is 35.5. The highest BCUT2D eigenvalue weighted by molar-refractivity contribution is 8.26. The van der Waals surface area contributed by atoms with Crippen LogP contribution < -0.4 is 9.47 Å². The van der Waals surface area contributed by atoms with Crippen LogP contribution in [-0.4, -0.2) is 34.9 Å². The lowest BCUT2D eigenvalue weighted by Gasteiger charge is -2.10. The molecule has 0 aliphatic carbocycles. The molecule has 3 rings (SSSR count). The van der Waals surface area contributed by atoms with Gasteiger partial charge in [0.15, 0.2) is 0 Å². The van der Waals surface area contributed by atoms with Gasteiger partial charge in [0, 0.05) is 6.54 Å². The Bertz CT molecular complexity index is 885. The smallest absolute Gasteiger partial charge is 0.266 e. The van der Waals surface area contributed by atoms with Crippen LogP contribution in [0.1, 0.15) is 12.5 Å². The summed E-state index contributed by atoms with van der Waals surface area (Å²) in [5, 5.41) is 0.573. The molecule has 1 heterocycles. The van der Waals surface area contributed by atoms with Crippen molar-refractivity contribution in [2.24, 2.45) is 0 Å². The zero-order valence-corrected chi connectivity index (χ0v) is 17.1. The van der Waals surface area contributed by atoms with Gasteiger partial charge >= 0.3 is 0 Å². The van der Waals surface area contributed by atoms with Gasteiger partial charge in [-0.2, -0.15) is 0 Å². The van der Waals surface area contributed by atoms with Gasteiger partial charge < -0.3 is 9.47 Å². The number of hydrogen-bond acceptors (Lipinski definition) is 5. The summed E-state index contributed by atoms with van der Waals surface area (Å²) in [6, 6.07) is 14.9. The van der Waals surface area contributed by atoms with Crippen LogP contribution in [0.5, 0.6) is 11.5 Å². The van der Waals surface area contributed by atoms with Crippen LogP contribution in [0.3, 0.4) is 0 Å². The summed E-state index contributed by atoms with van der Waals surface area (Å²) in [6.45, 7) is 3.25. The van der Waals surface area contributed by atoms with Crippen molar-refractivity contribution >= 4 is 51.9 Å². The molecule has 1 aliphatic heterocycles. The third-order valence-corrected chi connectivity index (χ3v) is 5.48. The Morgan fingerprint density at radius 3 is 2.67 bits per heavy atom. The van der Waals surface area contributed by atoms with Crippen LogP contribution in [0.4, 0.5) is 0 Å². The van der Waals surface area contributed by atoms with Gasteiger partial charge in [-0.3, -0.25) is 9.69 Å². The Balaban J connectivity index is 1.58. The van der Waals surface area contributed by atoms with E-state index in [1.165, 1.54) is 11.8 Å². The van der Waals surface area contributed by atoms with Crippen molar-refractivity contribution in [2.45, 2.75) is 6.92 Å². The first kappa shape index (κ1) is 19.7. The molecular formula is C20H18ClNO3S2. The number of ether oxygens (including phenoxy) is 2. The maximum absolute atomic E-state index is 12.3. The molecule has 2 aromatic rings. The number of amides is 1. The van der Waals surface area contributed by atoms with Crippen molar-refractivity contribution in [2.75, 3.05) is 19.8 Å². The number of nitrogens with zero attached hydrogens (tertiary/aromatic N) is 1. The van der Waals surface area contributed by atoms with Gasteiger partial charge in [-0.25, -0.2) is 0 Å². The molecule has 2 aromatic carbocycles. The Labute approximate surface area is 173 Å². The first-order valence-corrected chi connectivity index (χ1v) is 10.0. The van der Waals surface area contributed by atoms with Gasteiger partial charge in [0.25, 0.3) is 5.91 Å². The molecule has 27 heavy (non-hydrogen) atoms. The molecule has 7 heteroatoms. The molecule has 1 amide bonds. The normalized spacial score (nSPS) is 15.5. The van der Waals surface area contributed by atoms with E-state index in [9.17, 15) is 4.79 Å². The van der Waals surface area contributed by atoms with Crippen LogP contribution in [0.15, 0.2) is 53.4 Å². The number of hydrogen-bond donors (Lipinski definition) is 0. The minimum absolute atomic E-state index is 0.0491. The number of benzene rings is 2. The van der Waals surface area contributed by atoms with Crippen LogP contribution in [0.25, 0.3) is 6.08 Å². The van der Waals surface area contributed by atoms with E-state index in [-0.39, 0.29) is 5.91 Å². The lowest BCUT2D eigenvalue weighted by atomic mass is 10.2. The Morgan fingerprint density at radius 2 is 1.93 bits per heavy atom. The molecule has 0 spiro atoms. The van der Waals surface area contributed by atoms with Crippen molar-refractivity contribution in [1.29, 1.82) is 0 Å². The van der Waals surface area contributed by atoms with Crippen LogP contribution in [0.2, 0.25) is 5.02 Å². The summed E-state index contributed by atoms with van der Waals surface area (Å²) in [7, 11) is 0. The second-order valence-electron chi connectivity index (χ2n) is 5.63. The molecule has 1 saturated heterocycles.